The van der Waals surface area contributed by atoms with E-state index in [4.69, 9.17) is 16.3 Å². The van der Waals surface area contributed by atoms with Gasteiger partial charge in [-0.05, 0) is 60.7 Å². The van der Waals surface area contributed by atoms with Crippen molar-refractivity contribution in [2.75, 3.05) is 17.1 Å². The Morgan fingerprint density at radius 2 is 1.69 bits per heavy atom. The van der Waals surface area contributed by atoms with Crippen molar-refractivity contribution in [1.82, 2.24) is 0 Å². The van der Waals surface area contributed by atoms with Crippen molar-refractivity contribution in [2.24, 2.45) is 0 Å². The van der Waals surface area contributed by atoms with Crippen LogP contribution in [0, 0.1) is 5.82 Å². The van der Waals surface area contributed by atoms with Crippen molar-refractivity contribution in [1.29, 1.82) is 0 Å². The third-order valence-electron chi connectivity index (χ3n) is 3.91. The number of nitrogens with one attached hydrogen (secondary N) is 2. The van der Waals surface area contributed by atoms with Gasteiger partial charge in [-0.3, -0.25) is 9.52 Å². The molecule has 0 heterocycles. The number of carbonyl (C=O) groups is 1. The number of methoxy groups -OCH3 is 1. The van der Waals surface area contributed by atoms with E-state index in [1.807, 2.05) is 0 Å². The third kappa shape index (κ3) is 5.04. The first-order chi connectivity index (χ1) is 13.8. The van der Waals surface area contributed by atoms with E-state index in [-0.39, 0.29) is 16.1 Å². The van der Waals surface area contributed by atoms with Crippen LogP contribution in [-0.4, -0.2) is 21.4 Å². The zero-order valence-corrected chi connectivity index (χ0v) is 16.7. The minimum atomic E-state index is -3.96. The maximum absolute atomic E-state index is 13.0. The second kappa shape index (κ2) is 8.50. The summed E-state index contributed by atoms with van der Waals surface area (Å²) in [5, 5.41) is 2.97. The normalized spacial score (nSPS) is 11.0. The van der Waals surface area contributed by atoms with Crippen LogP contribution in [0.2, 0.25) is 5.02 Å². The van der Waals surface area contributed by atoms with Crippen LogP contribution in [0.25, 0.3) is 0 Å². The summed E-state index contributed by atoms with van der Waals surface area (Å²) in [6, 6.07) is 15.2. The van der Waals surface area contributed by atoms with E-state index in [0.717, 1.165) is 12.1 Å². The highest BCUT2D eigenvalue weighted by molar-refractivity contribution is 7.92. The van der Waals surface area contributed by atoms with Crippen LogP contribution in [0.3, 0.4) is 0 Å². The van der Waals surface area contributed by atoms with Crippen LogP contribution in [-0.2, 0) is 10.0 Å². The summed E-state index contributed by atoms with van der Waals surface area (Å²) in [6.07, 6.45) is 0. The van der Waals surface area contributed by atoms with Crippen LogP contribution in [0.4, 0.5) is 15.8 Å². The fourth-order valence-electron chi connectivity index (χ4n) is 2.48. The van der Waals surface area contributed by atoms with Gasteiger partial charge in [-0.15, -0.1) is 0 Å². The first-order valence-corrected chi connectivity index (χ1v) is 10.2. The minimum absolute atomic E-state index is 0.109. The molecule has 2 N–H and O–H groups in total. The van der Waals surface area contributed by atoms with Crippen LogP contribution >= 0.6 is 11.6 Å². The fourth-order valence-corrected chi connectivity index (χ4v) is 3.85. The van der Waals surface area contributed by atoms with E-state index in [1.165, 1.54) is 49.6 Å². The number of rotatable bonds is 6. The summed E-state index contributed by atoms with van der Waals surface area (Å²) in [6.45, 7) is 0. The number of halogens is 2. The summed E-state index contributed by atoms with van der Waals surface area (Å²) in [7, 11) is -2.48. The lowest BCUT2D eigenvalue weighted by atomic mass is 10.2. The molecule has 29 heavy (non-hydrogen) atoms. The zero-order valence-electron chi connectivity index (χ0n) is 15.1. The number of carbonyl (C=O) groups excluding carboxylic acids is 1. The molecule has 0 aliphatic rings. The lowest BCUT2D eigenvalue weighted by molar-refractivity contribution is 0.102. The molecule has 0 aromatic heterocycles. The molecule has 0 radical (unpaired) electrons. The average Bonchev–Trinajstić information content (AvgIpc) is 2.70. The highest BCUT2D eigenvalue weighted by Gasteiger charge is 2.17. The van der Waals surface area contributed by atoms with Gasteiger partial charge in [0.2, 0.25) is 0 Å². The van der Waals surface area contributed by atoms with Crippen molar-refractivity contribution >= 4 is 38.9 Å². The summed E-state index contributed by atoms with van der Waals surface area (Å²) >= 11 is 6.04. The van der Waals surface area contributed by atoms with E-state index >= 15 is 0 Å². The molecule has 3 aromatic carbocycles. The molecule has 0 saturated carbocycles. The number of hydrogen-bond donors (Lipinski definition) is 2. The number of hydrogen-bond acceptors (Lipinski definition) is 4. The van der Waals surface area contributed by atoms with Gasteiger partial charge in [-0.1, -0.05) is 17.7 Å². The van der Waals surface area contributed by atoms with E-state index < -0.39 is 21.7 Å². The summed E-state index contributed by atoms with van der Waals surface area (Å²) in [5.41, 5.74) is 0.770. The van der Waals surface area contributed by atoms with Gasteiger partial charge in [0, 0.05) is 16.9 Å². The number of ether oxygens (including phenoxy) is 1. The van der Waals surface area contributed by atoms with Gasteiger partial charge in [-0.25, -0.2) is 12.8 Å². The van der Waals surface area contributed by atoms with Crippen LogP contribution in [0.5, 0.6) is 5.75 Å². The molecule has 0 atom stereocenters. The first-order valence-electron chi connectivity index (χ1n) is 8.32. The number of benzene rings is 3. The van der Waals surface area contributed by atoms with Gasteiger partial charge < -0.3 is 10.1 Å². The molecule has 0 aliphatic heterocycles. The molecular weight excluding hydrogens is 419 g/mol. The highest BCUT2D eigenvalue weighted by Crippen LogP contribution is 2.27. The third-order valence-corrected chi connectivity index (χ3v) is 5.59. The molecule has 3 aromatic rings. The molecule has 0 bridgehead atoms. The SMILES string of the molecule is COc1ccc(NC(=O)c2cccc(S(=O)(=O)Nc3ccc(F)cc3)c2)cc1Cl. The van der Waals surface area contributed by atoms with Crippen molar-refractivity contribution < 1.29 is 22.3 Å². The molecule has 150 valence electrons. The molecule has 6 nitrogen and oxygen atoms in total. The molecule has 0 fully saturated rings. The smallest absolute Gasteiger partial charge is 0.261 e. The Balaban J connectivity index is 1.80. The summed E-state index contributed by atoms with van der Waals surface area (Å²) < 4.78 is 45.5. The monoisotopic (exact) mass is 434 g/mol. The predicted octanol–water partition coefficient (Wildman–Crippen LogP) is 4.54. The molecule has 9 heteroatoms. The summed E-state index contributed by atoms with van der Waals surface area (Å²) in [4.78, 5) is 12.4. The number of amides is 1. The van der Waals surface area contributed by atoms with Crippen molar-refractivity contribution in [3.63, 3.8) is 0 Å². The van der Waals surface area contributed by atoms with Crippen LogP contribution in [0.1, 0.15) is 10.4 Å². The fraction of sp³-hybridized carbons (Fsp3) is 0.0500. The Bertz CT molecular complexity index is 1150. The van der Waals surface area contributed by atoms with E-state index in [9.17, 15) is 17.6 Å². The van der Waals surface area contributed by atoms with Gasteiger partial charge in [0.1, 0.15) is 11.6 Å². The van der Waals surface area contributed by atoms with E-state index in [1.54, 1.807) is 12.1 Å². The van der Waals surface area contributed by atoms with Gasteiger partial charge in [0.25, 0.3) is 15.9 Å². The van der Waals surface area contributed by atoms with Crippen molar-refractivity contribution in [3.8, 4) is 5.75 Å². The topological polar surface area (TPSA) is 84.5 Å². The van der Waals surface area contributed by atoms with Crippen LogP contribution < -0.4 is 14.8 Å². The second-order valence-corrected chi connectivity index (χ2v) is 8.03. The molecular formula is C20H16ClFN2O4S. The van der Waals surface area contributed by atoms with E-state index in [0.29, 0.717) is 16.5 Å². The summed E-state index contributed by atoms with van der Waals surface area (Å²) in [5.74, 6) is -0.528. The Morgan fingerprint density at radius 1 is 1.00 bits per heavy atom. The minimum Gasteiger partial charge on any atom is -0.495 e. The Hall–Kier alpha value is -3.10. The highest BCUT2D eigenvalue weighted by atomic mass is 35.5. The molecule has 0 spiro atoms. The number of sulfonamides is 1. The lowest BCUT2D eigenvalue weighted by Gasteiger charge is -2.11. The largest absolute Gasteiger partial charge is 0.495 e. The first kappa shape index (κ1) is 20.6. The lowest BCUT2D eigenvalue weighted by Crippen LogP contribution is -2.16. The maximum Gasteiger partial charge on any atom is 0.261 e. The van der Waals surface area contributed by atoms with Gasteiger partial charge in [-0.2, -0.15) is 0 Å². The quantitative estimate of drug-likeness (QED) is 0.596. The second-order valence-electron chi connectivity index (χ2n) is 5.94. The molecule has 3 rings (SSSR count). The predicted molar refractivity (Wildman–Crippen MR) is 110 cm³/mol. The van der Waals surface area contributed by atoms with E-state index in [2.05, 4.69) is 10.0 Å². The molecule has 0 aliphatic carbocycles. The van der Waals surface area contributed by atoms with Crippen molar-refractivity contribution in [3.05, 3.63) is 83.1 Å². The Morgan fingerprint density at radius 3 is 2.34 bits per heavy atom. The zero-order chi connectivity index (χ0) is 21.0. The molecule has 0 saturated heterocycles. The Labute approximate surface area is 172 Å². The maximum atomic E-state index is 13.0. The van der Waals surface area contributed by atoms with Crippen molar-refractivity contribution in [2.45, 2.75) is 4.90 Å². The standard InChI is InChI=1S/C20H16ClFN2O4S/c1-28-19-10-9-16(12-18(19)21)23-20(25)13-3-2-4-17(11-13)29(26,27)24-15-7-5-14(22)6-8-15/h2-12,24H,1H3,(H,23,25). The molecule has 1 amide bonds. The van der Waals surface area contributed by atoms with Gasteiger partial charge in [0.15, 0.2) is 0 Å². The average molecular weight is 435 g/mol. The Kier molecular flexibility index (Phi) is 6.05. The van der Waals surface area contributed by atoms with Gasteiger partial charge >= 0.3 is 0 Å². The van der Waals surface area contributed by atoms with Gasteiger partial charge in [0.05, 0.1) is 17.0 Å². The molecule has 0 unspecified atom stereocenters. The van der Waals surface area contributed by atoms with Crippen LogP contribution in [0.15, 0.2) is 71.6 Å². The number of anilines is 2.